The fourth-order valence-electron chi connectivity index (χ4n) is 1.80. The molecule has 0 unspecified atom stereocenters. The average molecular weight is 311 g/mol. The molecule has 1 aromatic rings. The molecule has 4 heteroatoms. The summed E-state index contributed by atoms with van der Waals surface area (Å²) in [5.74, 6) is 0. The molecule has 20 heavy (non-hydrogen) atoms. The monoisotopic (exact) mass is 310 g/mol. The maximum absolute atomic E-state index is 6.19. The Labute approximate surface area is 126 Å². The predicted molar refractivity (Wildman–Crippen MR) is 92.4 cm³/mol. The van der Waals surface area contributed by atoms with E-state index in [0.29, 0.717) is 0 Å². The van der Waals surface area contributed by atoms with Gasteiger partial charge in [0, 0.05) is 18.6 Å². The molecule has 0 aliphatic heterocycles. The second kappa shape index (κ2) is 6.56. The third-order valence-electron chi connectivity index (χ3n) is 3.12. The lowest BCUT2D eigenvalue weighted by Crippen LogP contribution is -2.42. The molecule has 1 aromatic carbocycles. The smallest absolute Gasteiger partial charge is 0.183 e. The summed E-state index contributed by atoms with van der Waals surface area (Å²) >= 11 is 0. The van der Waals surface area contributed by atoms with Gasteiger partial charge in [-0.1, -0.05) is 37.3 Å². The van der Waals surface area contributed by atoms with Crippen LogP contribution >= 0.6 is 0 Å². The summed E-state index contributed by atoms with van der Waals surface area (Å²) in [4.78, 5) is 0. The number of rotatable bonds is 7. The lowest BCUT2D eigenvalue weighted by atomic mass is 9.84. The first-order chi connectivity index (χ1) is 9.02. The number of hydrogen-bond acceptors (Lipinski definition) is 2. The van der Waals surface area contributed by atoms with Gasteiger partial charge in [0.15, 0.2) is 16.6 Å². The van der Waals surface area contributed by atoms with Crippen LogP contribution in [0.2, 0.25) is 39.3 Å². The van der Waals surface area contributed by atoms with Gasteiger partial charge in [0.05, 0.1) is 0 Å². The van der Waals surface area contributed by atoms with E-state index in [2.05, 4.69) is 76.5 Å². The minimum absolute atomic E-state index is 0.0676. The highest BCUT2D eigenvalue weighted by molar-refractivity contribution is 6.70. The fraction of sp³-hybridized carbons (Fsp3) is 0.625. The lowest BCUT2D eigenvalue weighted by Gasteiger charge is -2.35. The van der Waals surface area contributed by atoms with Gasteiger partial charge in [0.2, 0.25) is 0 Å². The van der Waals surface area contributed by atoms with Crippen molar-refractivity contribution in [3.63, 3.8) is 0 Å². The van der Waals surface area contributed by atoms with Gasteiger partial charge in [-0.05, 0) is 44.8 Å². The Bertz CT molecular complexity index is 387. The highest BCUT2D eigenvalue weighted by Gasteiger charge is 2.31. The fourth-order valence-corrected chi connectivity index (χ4v) is 3.30. The van der Waals surface area contributed by atoms with E-state index in [-0.39, 0.29) is 5.41 Å². The average Bonchev–Trinajstić information content (AvgIpc) is 2.33. The van der Waals surface area contributed by atoms with E-state index in [0.717, 1.165) is 13.2 Å². The SMILES string of the molecule is CC(CO[Si](C)(C)C)(CO[Si](C)(C)C)c1ccccc1. The standard InChI is InChI=1S/C16H30O2Si2/c1-16(13-17-19(2,3)4,14-18-20(5,6)7)15-11-9-8-10-12-15/h8-12H,13-14H2,1-7H3. The summed E-state index contributed by atoms with van der Waals surface area (Å²) < 4.78 is 12.4. The zero-order valence-corrected chi connectivity index (χ0v) is 16.1. The molecule has 0 radical (unpaired) electrons. The molecule has 0 amide bonds. The zero-order valence-electron chi connectivity index (χ0n) is 14.1. The van der Waals surface area contributed by atoms with Crippen molar-refractivity contribution in [2.75, 3.05) is 13.2 Å². The molecule has 0 N–H and O–H groups in total. The van der Waals surface area contributed by atoms with Gasteiger partial charge >= 0.3 is 0 Å². The molecule has 1 rings (SSSR count). The molecular weight excluding hydrogens is 280 g/mol. The molecule has 114 valence electrons. The third-order valence-corrected chi connectivity index (χ3v) is 5.14. The lowest BCUT2D eigenvalue weighted by molar-refractivity contribution is 0.148. The van der Waals surface area contributed by atoms with Crippen molar-refractivity contribution in [3.05, 3.63) is 35.9 Å². The van der Waals surface area contributed by atoms with Gasteiger partial charge in [-0.25, -0.2) is 0 Å². The van der Waals surface area contributed by atoms with Crippen LogP contribution in [0.4, 0.5) is 0 Å². The Morgan fingerprint density at radius 3 is 1.55 bits per heavy atom. The van der Waals surface area contributed by atoms with Crippen molar-refractivity contribution in [3.8, 4) is 0 Å². The molecule has 0 aliphatic carbocycles. The van der Waals surface area contributed by atoms with Crippen LogP contribution in [0.25, 0.3) is 0 Å². The largest absolute Gasteiger partial charge is 0.417 e. The molecule has 0 spiro atoms. The second-order valence-electron chi connectivity index (χ2n) is 7.73. The number of benzene rings is 1. The molecule has 0 fully saturated rings. The quantitative estimate of drug-likeness (QED) is 0.683. The molecule has 0 saturated heterocycles. The van der Waals surface area contributed by atoms with E-state index < -0.39 is 16.6 Å². The van der Waals surface area contributed by atoms with Gasteiger partial charge in [-0.3, -0.25) is 0 Å². The molecular formula is C16H30O2Si2. The van der Waals surface area contributed by atoms with E-state index >= 15 is 0 Å². The van der Waals surface area contributed by atoms with Crippen molar-refractivity contribution in [1.29, 1.82) is 0 Å². The Morgan fingerprint density at radius 2 is 1.20 bits per heavy atom. The first kappa shape index (κ1) is 17.6. The summed E-state index contributed by atoms with van der Waals surface area (Å²) in [5, 5.41) is 0. The van der Waals surface area contributed by atoms with E-state index in [4.69, 9.17) is 8.85 Å². The van der Waals surface area contributed by atoms with Crippen LogP contribution in [-0.2, 0) is 14.3 Å². The first-order valence-corrected chi connectivity index (χ1v) is 14.2. The van der Waals surface area contributed by atoms with Crippen molar-refractivity contribution >= 4 is 16.6 Å². The summed E-state index contributed by atoms with van der Waals surface area (Å²) in [5.41, 5.74) is 1.23. The predicted octanol–water partition coefficient (Wildman–Crippen LogP) is 4.65. The van der Waals surface area contributed by atoms with Gasteiger partial charge in [-0.15, -0.1) is 0 Å². The maximum Gasteiger partial charge on any atom is 0.183 e. The van der Waals surface area contributed by atoms with Gasteiger partial charge in [-0.2, -0.15) is 0 Å². The molecule has 0 saturated carbocycles. The van der Waals surface area contributed by atoms with Crippen molar-refractivity contribution in [2.24, 2.45) is 0 Å². The second-order valence-corrected chi connectivity index (χ2v) is 16.8. The maximum atomic E-state index is 6.19. The van der Waals surface area contributed by atoms with Crippen LogP contribution < -0.4 is 0 Å². The van der Waals surface area contributed by atoms with Crippen LogP contribution in [0.3, 0.4) is 0 Å². The van der Waals surface area contributed by atoms with Gasteiger partial charge in [0.25, 0.3) is 0 Å². The van der Waals surface area contributed by atoms with E-state index in [1.165, 1.54) is 5.56 Å². The normalized spacial score (nSPS) is 13.6. The minimum atomic E-state index is -1.52. The number of hydrogen-bond donors (Lipinski definition) is 0. The van der Waals surface area contributed by atoms with Gasteiger partial charge in [0.1, 0.15) is 0 Å². The first-order valence-electron chi connectivity index (χ1n) is 7.35. The molecule has 0 heterocycles. The molecule has 2 nitrogen and oxygen atoms in total. The van der Waals surface area contributed by atoms with Crippen molar-refractivity contribution < 1.29 is 8.85 Å². The Morgan fingerprint density at radius 1 is 0.800 bits per heavy atom. The van der Waals surface area contributed by atoms with Crippen LogP contribution in [0.1, 0.15) is 12.5 Å². The van der Waals surface area contributed by atoms with Gasteiger partial charge < -0.3 is 8.85 Å². The molecule has 0 aromatic heterocycles. The van der Waals surface area contributed by atoms with Crippen molar-refractivity contribution in [2.45, 2.75) is 51.6 Å². The molecule has 0 bridgehead atoms. The van der Waals surface area contributed by atoms with E-state index in [9.17, 15) is 0 Å². The Kier molecular flexibility index (Phi) is 5.78. The molecule has 0 aliphatic rings. The minimum Gasteiger partial charge on any atom is -0.417 e. The van der Waals surface area contributed by atoms with Crippen LogP contribution in [0.5, 0.6) is 0 Å². The summed E-state index contributed by atoms with van der Waals surface area (Å²) in [6.07, 6.45) is 0. The Balaban J connectivity index is 2.88. The van der Waals surface area contributed by atoms with E-state index in [1.54, 1.807) is 0 Å². The molecule has 0 atom stereocenters. The summed E-state index contributed by atoms with van der Waals surface area (Å²) in [6.45, 7) is 17.1. The van der Waals surface area contributed by atoms with E-state index in [1.807, 2.05) is 0 Å². The van der Waals surface area contributed by atoms with Crippen LogP contribution in [0, 0.1) is 0 Å². The summed E-state index contributed by atoms with van der Waals surface area (Å²) in [6, 6.07) is 10.6. The highest BCUT2D eigenvalue weighted by atomic mass is 28.4. The van der Waals surface area contributed by atoms with Crippen LogP contribution in [-0.4, -0.2) is 29.8 Å². The third kappa shape index (κ3) is 6.35. The zero-order chi connectivity index (χ0) is 15.4. The highest BCUT2D eigenvalue weighted by Crippen LogP contribution is 2.27. The van der Waals surface area contributed by atoms with Crippen LogP contribution in [0.15, 0.2) is 30.3 Å². The topological polar surface area (TPSA) is 18.5 Å². The Hall–Kier alpha value is -0.426. The summed E-state index contributed by atoms with van der Waals surface area (Å²) in [7, 11) is -3.04. The van der Waals surface area contributed by atoms with Crippen molar-refractivity contribution in [1.82, 2.24) is 0 Å².